The van der Waals surface area contributed by atoms with Gasteiger partial charge in [0, 0.05) is 18.7 Å². The molecule has 1 aliphatic rings. The van der Waals surface area contributed by atoms with Crippen molar-refractivity contribution in [2.75, 3.05) is 13.1 Å². The van der Waals surface area contributed by atoms with Crippen LogP contribution in [0.3, 0.4) is 0 Å². The van der Waals surface area contributed by atoms with Crippen molar-refractivity contribution < 1.29 is 19.1 Å². The van der Waals surface area contributed by atoms with E-state index in [1.165, 1.54) is 23.1 Å². The number of carboxylic acid groups (broad SMARTS) is 1. The Balaban J connectivity index is 2.11. The molecule has 0 bridgehead atoms. The summed E-state index contributed by atoms with van der Waals surface area (Å²) in [6.07, 6.45) is 0. The molecule has 0 spiro atoms. The highest BCUT2D eigenvalue weighted by Crippen LogP contribution is 2.21. The minimum Gasteiger partial charge on any atom is -0.481 e. The number of amides is 1. The first kappa shape index (κ1) is 11.6. The van der Waals surface area contributed by atoms with E-state index in [0.717, 1.165) is 0 Å². The Labute approximate surface area is 97.7 Å². The Morgan fingerprint density at radius 3 is 2.65 bits per heavy atom. The number of carbonyl (C=O) groups excluding carboxylic acids is 1. The Bertz CT molecular complexity index is 481. The van der Waals surface area contributed by atoms with Crippen molar-refractivity contribution in [3.8, 4) is 0 Å². The smallest absolute Gasteiger partial charge is 0.310 e. The zero-order chi connectivity index (χ0) is 12.6. The summed E-state index contributed by atoms with van der Waals surface area (Å²) in [5, 5.41) is 8.70. The van der Waals surface area contributed by atoms with Crippen LogP contribution in [0, 0.1) is 18.7 Å². The van der Waals surface area contributed by atoms with Gasteiger partial charge in [-0.15, -0.1) is 0 Å². The van der Waals surface area contributed by atoms with E-state index in [1.54, 1.807) is 6.92 Å². The molecule has 5 heteroatoms. The van der Waals surface area contributed by atoms with E-state index in [1.807, 2.05) is 0 Å². The lowest BCUT2D eigenvalue weighted by Crippen LogP contribution is -2.53. The van der Waals surface area contributed by atoms with Crippen LogP contribution < -0.4 is 0 Å². The van der Waals surface area contributed by atoms with Crippen LogP contribution >= 0.6 is 0 Å². The molecule has 1 saturated heterocycles. The molecule has 1 aromatic rings. The maximum absolute atomic E-state index is 13.0. The Hall–Kier alpha value is -1.91. The monoisotopic (exact) mass is 237 g/mol. The van der Waals surface area contributed by atoms with Gasteiger partial charge in [-0.05, 0) is 24.6 Å². The lowest BCUT2D eigenvalue weighted by atomic mass is 9.98. The molecular formula is C12H12FNO3. The van der Waals surface area contributed by atoms with E-state index in [4.69, 9.17) is 5.11 Å². The third kappa shape index (κ3) is 2.13. The molecule has 90 valence electrons. The number of nitrogens with zero attached hydrogens (tertiary/aromatic N) is 1. The molecule has 1 amide bonds. The van der Waals surface area contributed by atoms with Gasteiger partial charge < -0.3 is 10.0 Å². The second kappa shape index (κ2) is 4.16. The van der Waals surface area contributed by atoms with Gasteiger partial charge in [0.15, 0.2) is 0 Å². The van der Waals surface area contributed by atoms with Crippen molar-refractivity contribution in [1.82, 2.24) is 4.90 Å². The highest BCUT2D eigenvalue weighted by molar-refractivity contribution is 5.96. The molecule has 0 unspecified atom stereocenters. The van der Waals surface area contributed by atoms with Crippen LogP contribution in [0.2, 0.25) is 0 Å². The Kier molecular flexibility index (Phi) is 2.83. The van der Waals surface area contributed by atoms with E-state index < -0.39 is 17.7 Å². The van der Waals surface area contributed by atoms with Gasteiger partial charge in [-0.1, -0.05) is 6.07 Å². The lowest BCUT2D eigenvalue weighted by molar-refractivity contribution is -0.146. The van der Waals surface area contributed by atoms with Crippen LogP contribution in [0.5, 0.6) is 0 Å². The Morgan fingerprint density at radius 1 is 1.41 bits per heavy atom. The first-order valence-electron chi connectivity index (χ1n) is 5.27. The van der Waals surface area contributed by atoms with Crippen molar-refractivity contribution in [3.63, 3.8) is 0 Å². The highest BCUT2D eigenvalue weighted by atomic mass is 19.1. The van der Waals surface area contributed by atoms with E-state index in [2.05, 4.69) is 0 Å². The zero-order valence-electron chi connectivity index (χ0n) is 9.31. The van der Waals surface area contributed by atoms with Crippen molar-refractivity contribution in [2.24, 2.45) is 5.92 Å². The summed E-state index contributed by atoms with van der Waals surface area (Å²) < 4.78 is 13.0. The van der Waals surface area contributed by atoms with Crippen LogP contribution in [0.4, 0.5) is 4.39 Å². The van der Waals surface area contributed by atoms with Crippen LogP contribution in [-0.2, 0) is 4.79 Å². The second-order valence-electron chi connectivity index (χ2n) is 4.20. The van der Waals surface area contributed by atoms with Crippen LogP contribution in [0.15, 0.2) is 18.2 Å². The molecule has 2 rings (SSSR count). The number of halogens is 1. The van der Waals surface area contributed by atoms with Crippen molar-refractivity contribution in [3.05, 3.63) is 35.1 Å². The topological polar surface area (TPSA) is 57.6 Å². The standard InChI is InChI=1S/C12H12FNO3/c1-7-2-3-9(13)4-10(7)11(15)14-5-8(6-14)12(16)17/h2-4,8H,5-6H2,1H3,(H,16,17). The van der Waals surface area contributed by atoms with E-state index in [-0.39, 0.29) is 19.0 Å². The van der Waals surface area contributed by atoms with Gasteiger partial charge in [0.2, 0.25) is 0 Å². The molecule has 0 aromatic heterocycles. The van der Waals surface area contributed by atoms with Gasteiger partial charge in [-0.3, -0.25) is 9.59 Å². The van der Waals surface area contributed by atoms with Gasteiger partial charge in [-0.25, -0.2) is 4.39 Å². The SMILES string of the molecule is Cc1ccc(F)cc1C(=O)N1CC(C(=O)O)C1. The average molecular weight is 237 g/mol. The molecule has 1 aliphatic heterocycles. The van der Waals surface area contributed by atoms with Crippen molar-refractivity contribution >= 4 is 11.9 Å². The first-order chi connectivity index (χ1) is 7.99. The number of hydrogen-bond donors (Lipinski definition) is 1. The van der Waals surface area contributed by atoms with E-state index >= 15 is 0 Å². The average Bonchev–Trinajstić information content (AvgIpc) is 2.18. The highest BCUT2D eigenvalue weighted by Gasteiger charge is 2.36. The van der Waals surface area contributed by atoms with Crippen LogP contribution in [0.25, 0.3) is 0 Å². The molecule has 0 radical (unpaired) electrons. The van der Waals surface area contributed by atoms with Gasteiger partial charge in [0.05, 0.1) is 5.92 Å². The fourth-order valence-corrected chi connectivity index (χ4v) is 1.80. The molecule has 1 N–H and O–H groups in total. The zero-order valence-corrected chi connectivity index (χ0v) is 9.31. The number of likely N-dealkylation sites (tertiary alicyclic amines) is 1. The lowest BCUT2D eigenvalue weighted by Gasteiger charge is -2.36. The van der Waals surface area contributed by atoms with E-state index in [9.17, 15) is 14.0 Å². The second-order valence-corrected chi connectivity index (χ2v) is 4.20. The summed E-state index contributed by atoms with van der Waals surface area (Å²) in [6.45, 7) is 2.12. The van der Waals surface area contributed by atoms with E-state index in [0.29, 0.717) is 11.1 Å². The minimum atomic E-state index is -0.898. The molecule has 0 aliphatic carbocycles. The fraction of sp³-hybridized carbons (Fsp3) is 0.333. The maximum Gasteiger partial charge on any atom is 0.310 e. The molecule has 1 heterocycles. The summed E-state index contributed by atoms with van der Waals surface area (Å²) >= 11 is 0. The number of aryl methyl sites for hydroxylation is 1. The molecule has 4 nitrogen and oxygen atoms in total. The predicted octanol–water partition coefficient (Wildman–Crippen LogP) is 1.29. The first-order valence-corrected chi connectivity index (χ1v) is 5.27. The molecule has 1 fully saturated rings. The minimum absolute atomic E-state index is 0.199. The maximum atomic E-state index is 13.0. The summed E-state index contributed by atoms with van der Waals surface area (Å²) in [5.41, 5.74) is 0.990. The quantitative estimate of drug-likeness (QED) is 0.843. The molecule has 17 heavy (non-hydrogen) atoms. The molecular weight excluding hydrogens is 225 g/mol. The normalized spacial score (nSPS) is 15.5. The summed E-state index contributed by atoms with van der Waals surface area (Å²) in [6, 6.07) is 4.02. The summed E-state index contributed by atoms with van der Waals surface area (Å²) in [4.78, 5) is 24.0. The van der Waals surface area contributed by atoms with Gasteiger partial charge >= 0.3 is 5.97 Å². The largest absolute Gasteiger partial charge is 0.481 e. The molecule has 0 saturated carbocycles. The third-order valence-corrected chi connectivity index (χ3v) is 2.95. The molecule has 0 atom stereocenters. The summed E-state index contributed by atoms with van der Waals surface area (Å²) in [7, 11) is 0. The van der Waals surface area contributed by atoms with Crippen molar-refractivity contribution in [2.45, 2.75) is 6.92 Å². The van der Waals surface area contributed by atoms with Crippen LogP contribution in [0.1, 0.15) is 15.9 Å². The number of benzene rings is 1. The number of carbonyl (C=O) groups is 2. The molecule has 1 aromatic carbocycles. The van der Waals surface area contributed by atoms with Crippen LogP contribution in [-0.4, -0.2) is 35.0 Å². The van der Waals surface area contributed by atoms with Gasteiger partial charge in [0.25, 0.3) is 5.91 Å². The summed E-state index contributed by atoms with van der Waals surface area (Å²) in [5.74, 6) is -2.16. The van der Waals surface area contributed by atoms with Gasteiger partial charge in [0.1, 0.15) is 5.82 Å². The number of rotatable bonds is 2. The Morgan fingerprint density at radius 2 is 2.06 bits per heavy atom. The van der Waals surface area contributed by atoms with Crippen molar-refractivity contribution in [1.29, 1.82) is 0 Å². The number of hydrogen-bond acceptors (Lipinski definition) is 2. The number of aliphatic carboxylic acids is 1. The van der Waals surface area contributed by atoms with Gasteiger partial charge in [-0.2, -0.15) is 0 Å². The number of carboxylic acids is 1. The predicted molar refractivity (Wildman–Crippen MR) is 58.2 cm³/mol. The fourth-order valence-electron chi connectivity index (χ4n) is 1.80. The third-order valence-electron chi connectivity index (χ3n) is 2.95.